The third kappa shape index (κ3) is 3.78. The van der Waals surface area contributed by atoms with Crippen LogP contribution in [0.25, 0.3) is 0 Å². The van der Waals surface area contributed by atoms with Crippen molar-refractivity contribution in [1.29, 1.82) is 0 Å². The zero-order valence-corrected chi connectivity index (χ0v) is 12.7. The Labute approximate surface area is 126 Å². The number of hydrogen-bond donors (Lipinski definition) is 1. The van der Waals surface area contributed by atoms with Crippen molar-refractivity contribution >= 4 is 22.9 Å². The molecule has 0 radical (unpaired) electrons. The fourth-order valence-electron chi connectivity index (χ4n) is 2.06. The number of benzene rings is 1. The molecule has 2 aromatic rings. The van der Waals surface area contributed by atoms with E-state index in [4.69, 9.17) is 11.6 Å². The zero-order valence-electron chi connectivity index (χ0n) is 11.1. The van der Waals surface area contributed by atoms with Crippen molar-refractivity contribution in [2.75, 3.05) is 6.54 Å². The van der Waals surface area contributed by atoms with Crippen molar-refractivity contribution in [1.82, 2.24) is 5.32 Å². The standard InChI is InChI=1S/C15H16ClF2NS/c1-2-4-19-15(6-10-3-5-20-9-10)11-7-14(18)12(16)8-13(11)17/h3,5,7-9,15,19H,2,4,6H2,1H3. The Kier molecular flexibility index (Phi) is 5.52. The minimum absolute atomic E-state index is 0.184. The number of halogens is 3. The zero-order chi connectivity index (χ0) is 14.5. The fraction of sp³-hybridized carbons (Fsp3) is 0.333. The average molecular weight is 316 g/mol. The first kappa shape index (κ1) is 15.4. The molecule has 1 N–H and O–H groups in total. The van der Waals surface area contributed by atoms with Gasteiger partial charge in [0.15, 0.2) is 0 Å². The highest BCUT2D eigenvalue weighted by Gasteiger charge is 2.18. The van der Waals surface area contributed by atoms with E-state index in [1.165, 1.54) is 6.07 Å². The minimum Gasteiger partial charge on any atom is -0.310 e. The Bertz CT molecular complexity index is 557. The van der Waals surface area contributed by atoms with Gasteiger partial charge in [0, 0.05) is 11.6 Å². The van der Waals surface area contributed by atoms with E-state index in [0.29, 0.717) is 12.0 Å². The molecule has 1 aromatic carbocycles. The normalized spacial score (nSPS) is 12.6. The highest BCUT2D eigenvalue weighted by molar-refractivity contribution is 7.07. The van der Waals surface area contributed by atoms with Gasteiger partial charge in [-0.3, -0.25) is 0 Å². The molecular weight excluding hydrogens is 300 g/mol. The van der Waals surface area contributed by atoms with Gasteiger partial charge in [0.25, 0.3) is 0 Å². The summed E-state index contributed by atoms with van der Waals surface area (Å²) in [5, 5.41) is 7.08. The molecule has 5 heteroatoms. The highest BCUT2D eigenvalue weighted by atomic mass is 35.5. The summed E-state index contributed by atoms with van der Waals surface area (Å²) in [5.41, 5.74) is 1.44. The molecule has 1 nitrogen and oxygen atoms in total. The van der Waals surface area contributed by atoms with Crippen LogP contribution in [0.2, 0.25) is 5.02 Å². The van der Waals surface area contributed by atoms with Gasteiger partial charge in [0.2, 0.25) is 0 Å². The lowest BCUT2D eigenvalue weighted by molar-refractivity contribution is 0.491. The van der Waals surface area contributed by atoms with Gasteiger partial charge >= 0.3 is 0 Å². The Morgan fingerprint density at radius 3 is 2.75 bits per heavy atom. The molecular formula is C15H16ClF2NS. The van der Waals surface area contributed by atoms with Crippen LogP contribution in [0.15, 0.2) is 29.0 Å². The van der Waals surface area contributed by atoms with Gasteiger partial charge in [-0.2, -0.15) is 11.3 Å². The van der Waals surface area contributed by atoms with Crippen LogP contribution in [-0.2, 0) is 6.42 Å². The van der Waals surface area contributed by atoms with Crippen LogP contribution >= 0.6 is 22.9 Å². The van der Waals surface area contributed by atoms with Gasteiger partial charge < -0.3 is 5.32 Å². The molecule has 2 rings (SSSR count). The highest BCUT2D eigenvalue weighted by Crippen LogP contribution is 2.27. The van der Waals surface area contributed by atoms with Crippen molar-refractivity contribution in [2.45, 2.75) is 25.8 Å². The number of nitrogens with one attached hydrogen (secondary N) is 1. The van der Waals surface area contributed by atoms with E-state index < -0.39 is 11.6 Å². The van der Waals surface area contributed by atoms with Crippen molar-refractivity contribution in [2.24, 2.45) is 0 Å². The van der Waals surface area contributed by atoms with Gasteiger partial charge in [0.05, 0.1) is 5.02 Å². The quantitative estimate of drug-likeness (QED) is 0.743. The maximum atomic E-state index is 14.0. The molecule has 0 aliphatic carbocycles. The Morgan fingerprint density at radius 1 is 1.30 bits per heavy atom. The van der Waals surface area contributed by atoms with Gasteiger partial charge in [-0.25, -0.2) is 8.78 Å². The third-order valence-corrected chi connectivity index (χ3v) is 4.10. The molecule has 0 amide bonds. The second-order valence-corrected chi connectivity index (χ2v) is 5.82. The van der Waals surface area contributed by atoms with Crippen LogP contribution in [0.3, 0.4) is 0 Å². The SMILES string of the molecule is CCCNC(Cc1ccsc1)c1cc(F)c(Cl)cc1F. The van der Waals surface area contributed by atoms with Gasteiger partial charge in [0.1, 0.15) is 11.6 Å². The third-order valence-electron chi connectivity index (χ3n) is 3.08. The minimum atomic E-state index is -0.586. The van der Waals surface area contributed by atoms with Crippen molar-refractivity contribution in [3.63, 3.8) is 0 Å². The molecule has 0 bridgehead atoms. The van der Waals surface area contributed by atoms with E-state index in [1.807, 2.05) is 23.8 Å². The van der Waals surface area contributed by atoms with Crippen molar-refractivity contribution in [3.8, 4) is 0 Å². The molecule has 0 spiro atoms. The number of hydrogen-bond acceptors (Lipinski definition) is 2. The summed E-state index contributed by atoms with van der Waals surface area (Å²) in [6.07, 6.45) is 1.55. The van der Waals surface area contributed by atoms with Crippen LogP contribution < -0.4 is 5.32 Å². The van der Waals surface area contributed by atoms with Gasteiger partial charge in [-0.1, -0.05) is 18.5 Å². The predicted molar refractivity (Wildman–Crippen MR) is 80.4 cm³/mol. The molecule has 1 unspecified atom stereocenters. The summed E-state index contributed by atoms with van der Waals surface area (Å²) >= 11 is 7.20. The number of rotatable bonds is 6. The lowest BCUT2D eigenvalue weighted by Crippen LogP contribution is -2.25. The topological polar surface area (TPSA) is 12.0 Å². The summed E-state index contributed by atoms with van der Waals surface area (Å²) < 4.78 is 27.6. The number of thiophene rings is 1. The maximum absolute atomic E-state index is 14.0. The maximum Gasteiger partial charge on any atom is 0.142 e. The molecule has 20 heavy (non-hydrogen) atoms. The Morgan fingerprint density at radius 2 is 2.10 bits per heavy atom. The molecule has 0 saturated carbocycles. The van der Waals surface area contributed by atoms with E-state index in [2.05, 4.69) is 5.32 Å². The monoisotopic (exact) mass is 315 g/mol. The van der Waals surface area contributed by atoms with Gasteiger partial charge in [-0.15, -0.1) is 0 Å². The molecule has 1 atom stereocenters. The van der Waals surface area contributed by atoms with E-state index in [-0.39, 0.29) is 11.1 Å². The second-order valence-electron chi connectivity index (χ2n) is 4.63. The van der Waals surface area contributed by atoms with E-state index in [1.54, 1.807) is 11.3 Å². The summed E-state index contributed by atoms with van der Waals surface area (Å²) in [7, 11) is 0. The smallest absolute Gasteiger partial charge is 0.142 e. The molecule has 0 fully saturated rings. The van der Waals surface area contributed by atoms with E-state index >= 15 is 0 Å². The molecule has 0 aliphatic rings. The van der Waals surface area contributed by atoms with Crippen LogP contribution in [0.1, 0.15) is 30.5 Å². The molecule has 0 saturated heterocycles. The van der Waals surface area contributed by atoms with Crippen LogP contribution in [-0.4, -0.2) is 6.54 Å². The lowest BCUT2D eigenvalue weighted by Gasteiger charge is -2.19. The lowest BCUT2D eigenvalue weighted by atomic mass is 9.99. The largest absolute Gasteiger partial charge is 0.310 e. The first-order valence-electron chi connectivity index (χ1n) is 6.50. The van der Waals surface area contributed by atoms with Crippen LogP contribution in [0.4, 0.5) is 8.78 Å². The molecule has 0 aliphatic heterocycles. The van der Waals surface area contributed by atoms with E-state index in [0.717, 1.165) is 24.6 Å². The summed E-state index contributed by atoms with van der Waals surface area (Å²) in [6.45, 7) is 2.78. The second kappa shape index (κ2) is 7.16. The summed E-state index contributed by atoms with van der Waals surface area (Å²) in [5.74, 6) is -1.06. The van der Waals surface area contributed by atoms with Crippen LogP contribution in [0, 0.1) is 11.6 Å². The molecule has 1 heterocycles. The fourth-order valence-corrected chi connectivity index (χ4v) is 2.89. The predicted octanol–water partition coefficient (Wildman–Crippen LogP) is 4.96. The van der Waals surface area contributed by atoms with Crippen molar-refractivity contribution in [3.05, 3.63) is 56.7 Å². The average Bonchev–Trinajstić information content (AvgIpc) is 2.92. The first-order chi connectivity index (χ1) is 9.61. The Hall–Kier alpha value is -0.970. The molecule has 108 valence electrons. The summed E-state index contributed by atoms with van der Waals surface area (Å²) in [6, 6.07) is 3.98. The Balaban J connectivity index is 2.27. The van der Waals surface area contributed by atoms with E-state index in [9.17, 15) is 8.78 Å². The summed E-state index contributed by atoms with van der Waals surface area (Å²) in [4.78, 5) is 0. The van der Waals surface area contributed by atoms with Crippen LogP contribution in [0.5, 0.6) is 0 Å². The molecule has 1 aromatic heterocycles. The van der Waals surface area contributed by atoms with Crippen molar-refractivity contribution < 1.29 is 8.78 Å². The first-order valence-corrected chi connectivity index (χ1v) is 7.82. The van der Waals surface area contributed by atoms with Gasteiger partial charge in [-0.05, 0) is 53.9 Å².